The molecule has 0 spiro atoms. The first-order valence-electron chi connectivity index (χ1n) is 7.25. The maximum atomic E-state index is 11.7. The molecule has 0 radical (unpaired) electrons. The number of nitrogens with one attached hydrogen (secondary N) is 1. The van der Waals surface area contributed by atoms with Crippen LogP contribution in [0.2, 0.25) is 0 Å². The SMILES string of the molecule is CNC(=O)CC1CN(Cc2ccccc2)Cc2ccnn21. The van der Waals surface area contributed by atoms with E-state index >= 15 is 0 Å². The highest BCUT2D eigenvalue weighted by Gasteiger charge is 2.27. The third kappa shape index (κ3) is 3.13. The van der Waals surface area contributed by atoms with Crippen LogP contribution in [0, 0.1) is 0 Å². The van der Waals surface area contributed by atoms with Gasteiger partial charge in [-0.1, -0.05) is 30.3 Å². The predicted octanol–water partition coefficient (Wildman–Crippen LogP) is 1.58. The average molecular weight is 284 g/mol. The van der Waals surface area contributed by atoms with Gasteiger partial charge in [-0.05, 0) is 11.6 Å². The summed E-state index contributed by atoms with van der Waals surface area (Å²) in [6.07, 6.45) is 2.29. The molecule has 0 bridgehead atoms. The standard InChI is InChI=1S/C16H20N4O/c1-17-16(21)9-15-12-19(10-13-5-3-2-4-6-13)11-14-7-8-18-20(14)15/h2-8,15H,9-12H2,1H3,(H,17,21). The Hall–Kier alpha value is -2.14. The number of carbonyl (C=O) groups excluding carboxylic acids is 1. The van der Waals surface area contributed by atoms with Gasteiger partial charge in [0, 0.05) is 32.9 Å². The number of rotatable bonds is 4. The van der Waals surface area contributed by atoms with E-state index in [2.05, 4.69) is 39.6 Å². The Bertz CT molecular complexity index is 608. The van der Waals surface area contributed by atoms with Gasteiger partial charge < -0.3 is 5.32 Å². The largest absolute Gasteiger partial charge is 0.359 e. The van der Waals surface area contributed by atoms with Gasteiger partial charge in [0.2, 0.25) is 5.91 Å². The first-order chi connectivity index (χ1) is 10.3. The van der Waals surface area contributed by atoms with Crippen molar-refractivity contribution in [2.24, 2.45) is 0 Å². The van der Waals surface area contributed by atoms with Crippen LogP contribution < -0.4 is 5.32 Å². The van der Waals surface area contributed by atoms with Crippen LogP contribution in [0.5, 0.6) is 0 Å². The molecule has 110 valence electrons. The fourth-order valence-corrected chi connectivity index (χ4v) is 2.89. The van der Waals surface area contributed by atoms with E-state index < -0.39 is 0 Å². The Balaban J connectivity index is 1.75. The number of nitrogens with zero attached hydrogens (tertiary/aromatic N) is 3. The zero-order valence-electron chi connectivity index (χ0n) is 12.2. The molecular formula is C16H20N4O. The number of fused-ring (bicyclic) bond motifs is 1. The van der Waals surface area contributed by atoms with Gasteiger partial charge in [-0.3, -0.25) is 14.4 Å². The van der Waals surface area contributed by atoms with Crippen LogP contribution in [-0.4, -0.2) is 34.2 Å². The fourth-order valence-electron chi connectivity index (χ4n) is 2.89. The molecular weight excluding hydrogens is 264 g/mol. The summed E-state index contributed by atoms with van der Waals surface area (Å²) < 4.78 is 2.00. The smallest absolute Gasteiger partial charge is 0.221 e. The van der Waals surface area contributed by atoms with Crippen LogP contribution >= 0.6 is 0 Å². The third-order valence-electron chi connectivity index (χ3n) is 3.90. The van der Waals surface area contributed by atoms with E-state index in [1.54, 1.807) is 7.05 Å². The van der Waals surface area contributed by atoms with Gasteiger partial charge >= 0.3 is 0 Å². The summed E-state index contributed by atoms with van der Waals surface area (Å²) in [5, 5.41) is 7.08. The zero-order valence-corrected chi connectivity index (χ0v) is 12.2. The molecule has 1 amide bonds. The average Bonchev–Trinajstić information content (AvgIpc) is 2.97. The molecule has 1 aromatic carbocycles. The topological polar surface area (TPSA) is 50.2 Å². The number of benzene rings is 1. The van der Waals surface area contributed by atoms with Gasteiger partial charge in [0.1, 0.15) is 0 Å². The Kier molecular flexibility index (Phi) is 4.01. The van der Waals surface area contributed by atoms with Gasteiger partial charge in [0.25, 0.3) is 0 Å². The van der Waals surface area contributed by atoms with Crippen molar-refractivity contribution < 1.29 is 4.79 Å². The molecule has 1 aliphatic rings. The van der Waals surface area contributed by atoms with E-state index in [0.717, 1.165) is 19.6 Å². The first-order valence-corrected chi connectivity index (χ1v) is 7.25. The second-order valence-electron chi connectivity index (χ2n) is 5.45. The molecule has 0 saturated heterocycles. The molecule has 21 heavy (non-hydrogen) atoms. The maximum absolute atomic E-state index is 11.7. The first kappa shape index (κ1) is 13.8. The molecule has 0 aliphatic carbocycles. The number of aromatic nitrogens is 2. The molecule has 5 nitrogen and oxygen atoms in total. The maximum Gasteiger partial charge on any atom is 0.221 e. The summed E-state index contributed by atoms with van der Waals surface area (Å²) in [5.74, 6) is 0.0583. The second kappa shape index (κ2) is 6.10. The Morgan fingerprint density at radius 1 is 1.33 bits per heavy atom. The lowest BCUT2D eigenvalue weighted by Crippen LogP contribution is -2.39. The molecule has 0 saturated carbocycles. The van der Waals surface area contributed by atoms with Crippen LogP contribution in [0.15, 0.2) is 42.6 Å². The molecule has 2 heterocycles. The lowest BCUT2D eigenvalue weighted by molar-refractivity contribution is -0.121. The van der Waals surface area contributed by atoms with Gasteiger partial charge in [-0.25, -0.2) is 0 Å². The van der Waals surface area contributed by atoms with E-state index in [-0.39, 0.29) is 11.9 Å². The fraction of sp³-hybridized carbons (Fsp3) is 0.375. The van der Waals surface area contributed by atoms with Gasteiger partial charge in [-0.15, -0.1) is 0 Å². The Labute approximate surface area is 124 Å². The molecule has 1 aliphatic heterocycles. The second-order valence-corrected chi connectivity index (χ2v) is 5.45. The van der Waals surface area contributed by atoms with Crippen molar-refractivity contribution in [3.63, 3.8) is 0 Å². The quantitative estimate of drug-likeness (QED) is 0.927. The van der Waals surface area contributed by atoms with Crippen LogP contribution in [0.1, 0.15) is 23.7 Å². The van der Waals surface area contributed by atoms with Gasteiger partial charge in [0.05, 0.1) is 18.2 Å². The summed E-state index contributed by atoms with van der Waals surface area (Å²) in [4.78, 5) is 14.1. The summed E-state index contributed by atoms with van der Waals surface area (Å²) in [5.41, 5.74) is 2.47. The van der Waals surface area contributed by atoms with Gasteiger partial charge in [0.15, 0.2) is 0 Å². The van der Waals surface area contributed by atoms with E-state index in [1.165, 1.54) is 11.3 Å². The third-order valence-corrected chi connectivity index (χ3v) is 3.90. The molecule has 5 heteroatoms. The van der Waals surface area contributed by atoms with Crippen molar-refractivity contribution in [3.8, 4) is 0 Å². The molecule has 1 aromatic heterocycles. The van der Waals surface area contributed by atoms with Crippen LogP contribution in [0.4, 0.5) is 0 Å². The minimum atomic E-state index is 0.0583. The lowest BCUT2D eigenvalue weighted by atomic mass is 10.1. The van der Waals surface area contributed by atoms with Crippen LogP contribution in [0.25, 0.3) is 0 Å². The predicted molar refractivity (Wildman–Crippen MR) is 80.5 cm³/mol. The summed E-state index contributed by atoms with van der Waals surface area (Å²) in [7, 11) is 1.68. The summed E-state index contributed by atoms with van der Waals surface area (Å²) in [6.45, 7) is 2.62. The highest BCUT2D eigenvalue weighted by Crippen LogP contribution is 2.24. The van der Waals surface area contributed by atoms with Crippen LogP contribution in [-0.2, 0) is 17.9 Å². The summed E-state index contributed by atoms with van der Waals surface area (Å²) >= 11 is 0. The van der Waals surface area contributed by atoms with E-state index in [9.17, 15) is 4.79 Å². The van der Waals surface area contributed by atoms with E-state index in [4.69, 9.17) is 0 Å². The van der Waals surface area contributed by atoms with Crippen molar-refractivity contribution in [1.29, 1.82) is 0 Å². The highest BCUT2D eigenvalue weighted by atomic mass is 16.1. The van der Waals surface area contributed by atoms with E-state index in [1.807, 2.05) is 23.0 Å². The minimum absolute atomic E-state index is 0.0583. The molecule has 1 atom stereocenters. The number of hydrogen-bond donors (Lipinski definition) is 1. The molecule has 1 N–H and O–H groups in total. The van der Waals surface area contributed by atoms with Crippen molar-refractivity contribution >= 4 is 5.91 Å². The zero-order chi connectivity index (χ0) is 14.7. The van der Waals surface area contributed by atoms with Crippen molar-refractivity contribution in [2.75, 3.05) is 13.6 Å². The molecule has 0 fully saturated rings. The Morgan fingerprint density at radius 2 is 2.14 bits per heavy atom. The molecule has 1 unspecified atom stereocenters. The van der Waals surface area contributed by atoms with E-state index in [0.29, 0.717) is 6.42 Å². The minimum Gasteiger partial charge on any atom is -0.359 e. The van der Waals surface area contributed by atoms with Crippen molar-refractivity contribution in [1.82, 2.24) is 20.0 Å². The lowest BCUT2D eigenvalue weighted by Gasteiger charge is -2.33. The number of amides is 1. The Morgan fingerprint density at radius 3 is 2.90 bits per heavy atom. The molecule has 3 rings (SSSR count). The normalized spacial score (nSPS) is 18.2. The molecule has 2 aromatic rings. The monoisotopic (exact) mass is 284 g/mol. The summed E-state index contributed by atoms with van der Waals surface area (Å²) in [6, 6.07) is 12.6. The van der Waals surface area contributed by atoms with Crippen molar-refractivity contribution in [3.05, 3.63) is 53.9 Å². The van der Waals surface area contributed by atoms with Crippen molar-refractivity contribution in [2.45, 2.75) is 25.6 Å². The number of carbonyl (C=O) groups is 1. The van der Waals surface area contributed by atoms with Gasteiger partial charge in [-0.2, -0.15) is 5.10 Å². The number of hydrogen-bond acceptors (Lipinski definition) is 3. The highest BCUT2D eigenvalue weighted by molar-refractivity contribution is 5.76. The van der Waals surface area contributed by atoms with Crippen LogP contribution in [0.3, 0.4) is 0 Å².